The van der Waals surface area contributed by atoms with Gasteiger partial charge in [0, 0.05) is 19.4 Å². The molecule has 1 aromatic heterocycles. The minimum atomic E-state index is -0.747. The maximum Gasteiger partial charge on any atom is 0.340 e. The Hall–Kier alpha value is -2.37. The van der Waals surface area contributed by atoms with Crippen LogP contribution in [-0.4, -0.2) is 34.9 Å². The third-order valence-corrected chi connectivity index (χ3v) is 2.56. The zero-order valence-corrected chi connectivity index (χ0v) is 11.8. The number of esters is 1. The first kappa shape index (κ1) is 15.7. The topological polar surface area (TPSA) is 90.4 Å². The van der Waals surface area contributed by atoms with Crippen LogP contribution in [0.5, 0.6) is 0 Å². The minimum Gasteiger partial charge on any atom is -0.462 e. The van der Waals surface area contributed by atoms with E-state index in [4.69, 9.17) is 4.74 Å². The SMILES string of the molecule is CCOC(=O)c1cc(C(C)=O)c(C(C)=O)nc1C(C)=O. The van der Waals surface area contributed by atoms with Gasteiger partial charge in [-0.05, 0) is 19.9 Å². The second kappa shape index (κ2) is 6.18. The van der Waals surface area contributed by atoms with Crippen molar-refractivity contribution in [1.29, 1.82) is 0 Å². The van der Waals surface area contributed by atoms with E-state index in [9.17, 15) is 19.2 Å². The van der Waals surface area contributed by atoms with Gasteiger partial charge in [-0.25, -0.2) is 9.78 Å². The van der Waals surface area contributed by atoms with Crippen molar-refractivity contribution < 1.29 is 23.9 Å². The van der Waals surface area contributed by atoms with E-state index in [1.54, 1.807) is 6.92 Å². The van der Waals surface area contributed by atoms with Gasteiger partial charge in [-0.1, -0.05) is 0 Å². The Labute approximate surface area is 116 Å². The number of pyridine rings is 1. The van der Waals surface area contributed by atoms with Crippen molar-refractivity contribution in [1.82, 2.24) is 4.98 Å². The van der Waals surface area contributed by atoms with Crippen molar-refractivity contribution in [3.63, 3.8) is 0 Å². The molecule has 0 fully saturated rings. The van der Waals surface area contributed by atoms with Crippen LogP contribution in [0.15, 0.2) is 6.07 Å². The summed E-state index contributed by atoms with van der Waals surface area (Å²) >= 11 is 0. The smallest absolute Gasteiger partial charge is 0.340 e. The van der Waals surface area contributed by atoms with Crippen molar-refractivity contribution in [2.24, 2.45) is 0 Å². The van der Waals surface area contributed by atoms with Crippen LogP contribution < -0.4 is 0 Å². The molecule has 0 radical (unpaired) electrons. The third kappa shape index (κ3) is 3.14. The van der Waals surface area contributed by atoms with Gasteiger partial charge in [0.2, 0.25) is 0 Å². The minimum absolute atomic E-state index is 0.00514. The van der Waals surface area contributed by atoms with E-state index in [0.717, 1.165) is 0 Å². The molecule has 1 heterocycles. The summed E-state index contributed by atoms with van der Waals surface area (Å²) in [5.74, 6) is -2.09. The maximum absolute atomic E-state index is 11.8. The molecule has 1 aromatic rings. The van der Waals surface area contributed by atoms with Crippen LogP contribution in [-0.2, 0) is 4.74 Å². The van der Waals surface area contributed by atoms with Crippen LogP contribution in [0.2, 0.25) is 0 Å². The molecule has 0 aliphatic heterocycles. The summed E-state index contributed by atoms with van der Waals surface area (Å²) in [6.07, 6.45) is 0. The fourth-order valence-electron chi connectivity index (χ4n) is 1.68. The Kier molecular flexibility index (Phi) is 4.85. The molecule has 6 nitrogen and oxygen atoms in total. The number of hydrogen-bond donors (Lipinski definition) is 0. The predicted molar refractivity (Wildman–Crippen MR) is 70.2 cm³/mol. The first-order valence-corrected chi connectivity index (χ1v) is 6.04. The fraction of sp³-hybridized carbons (Fsp3) is 0.357. The maximum atomic E-state index is 11.8. The molecule has 0 bridgehead atoms. The third-order valence-electron chi connectivity index (χ3n) is 2.56. The number of ether oxygens (including phenoxy) is 1. The summed E-state index contributed by atoms with van der Waals surface area (Å²) in [6.45, 7) is 5.46. The number of ketones is 3. The molecule has 0 atom stereocenters. The molecular weight excluding hydrogens is 262 g/mol. The summed E-state index contributed by atoms with van der Waals surface area (Å²) in [5, 5.41) is 0. The molecule has 0 aliphatic rings. The van der Waals surface area contributed by atoms with Crippen molar-refractivity contribution in [2.45, 2.75) is 27.7 Å². The van der Waals surface area contributed by atoms with Crippen molar-refractivity contribution >= 4 is 23.3 Å². The van der Waals surface area contributed by atoms with Gasteiger partial charge in [0.25, 0.3) is 0 Å². The molecule has 20 heavy (non-hydrogen) atoms. The van der Waals surface area contributed by atoms with Gasteiger partial charge in [0.1, 0.15) is 11.4 Å². The van der Waals surface area contributed by atoms with Gasteiger partial charge in [0.15, 0.2) is 17.3 Å². The number of aromatic nitrogens is 1. The molecule has 0 aliphatic carbocycles. The lowest BCUT2D eigenvalue weighted by Crippen LogP contribution is -2.18. The zero-order chi connectivity index (χ0) is 15.4. The molecule has 1 rings (SSSR count). The van der Waals surface area contributed by atoms with Crippen LogP contribution in [0.25, 0.3) is 0 Å². The van der Waals surface area contributed by atoms with Gasteiger partial charge >= 0.3 is 5.97 Å². The Morgan fingerprint density at radius 1 is 0.950 bits per heavy atom. The van der Waals surface area contributed by atoms with E-state index < -0.39 is 23.3 Å². The summed E-state index contributed by atoms with van der Waals surface area (Å²) in [5.41, 5.74) is -0.380. The Morgan fingerprint density at radius 2 is 1.45 bits per heavy atom. The summed E-state index contributed by atoms with van der Waals surface area (Å²) in [4.78, 5) is 50.3. The van der Waals surface area contributed by atoms with Gasteiger partial charge in [-0.3, -0.25) is 14.4 Å². The normalized spacial score (nSPS) is 10.0. The van der Waals surface area contributed by atoms with Crippen LogP contribution in [0.4, 0.5) is 0 Å². The summed E-state index contributed by atoms with van der Waals surface area (Å²) in [6, 6.07) is 1.20. The first-order chi connectivity index (χ1) is 9.29. The highest BCUT2D eigenvalue weighted by molar-refractivity contribution is 6.10. The highest BCUT2D eigenvalue weighted by Gasteiger charge is 2.24. The highest BCUT2D eigenvalue weighted by atomic mass is 16.5. The molecular formula is C14H15NO5. The standard InChI is InChI=1S/C14H15NO5/c1-5-20-14(19)11-6-10(7(2)16)12(8(3)17)15-13(11)9(4)18/h6H,5H2,1-4H3. The van der Waals surface area contributed by atoms with E-state index in [1.807, 2.05) is 0 Å². The molecule has 106 valence electrons. The second-order valence-electron chi connectivity index (χ2n) is 4.17. The Morgan fingerprint density at radius 3 is 1.85 bits per heavy atom. The van der Waals surface area contributed by atoms with Crippen LogP contribution >= 0.6 is 0 Å². The van der Waals surface area contributed by atoms with Gasteiger partial charge < -0.3 is 4.74 Å². The number of hydrogen-bond acceptors (Lipinski definition) is 6. The average molecular weight is 277 g/mol. The number of carbonyl (C=O) groups is 4. The quantitative estimate of drug-likeness (QED) is 0.602. The molecule has 0 aromatic carbocycles. The Balaban J connectivity index is 3.61. The van der Waals surface area contributed by atoms with E-state index in [0.29, 0.717) is 0 Å². The number of rotatable bonds is 5. The van der Waals surface area contributed by atoms with E-state index in [-0.39, 0.29) is 29.1 Å². The fourth-order valence-corrected chi connectivity index (χ4v) is 1.68. The van der Waals surface area contributed by atoms with Crippen molar-refractivity contribution in [2.75, 3.05) is 6.61 Å². The number of nitrogens with zero attached hydrogens (tertiary/aromatic N) is 1. The van der Waals surface area contributed by atoms with Gasteiger partial charge in [0.05, 0.1) is 12.2 Å². The van der Waals surface area contributed by atoms with E-state index in [2.05, 4.69) is 4.98 Å². The van der Waals surface area contributed by atoms with Crippen LogP contribution in [0.1, 0.15) is 69.4 Å². The first-order valence-electron chi connectivity index (χ1n) is 6.04. The Bertz CT molecular complexity index is 604. The number of carbonyl (C=O) groups excluding carboxylic acids is 4. The molecule has 0 saturated carbocycles. The average Bonchev–Trinajstić information content (AvgIpc) is 2.36. The second-order valence-corrected chi connectivity index (χ2v) is 4.17. The van der Waals surface area contributed by atoms with Crippen LogP contribution in [0.3, 0.4) is 0 Å². The molecule has 0 amide bonds. The van der Waals surface area contributed by atoms with Gasteiger partial charge in [-0.2, -0.15) is 0 Å². The van der Waals surface area contributed by atoms with Crippen LogP contribution in [0, 0.1) is 0 Å². The number of Topliss-reactive ketones (excluding diaryl/α,β-unsaturated/α-hetero) is 3. The van der Waals surface area contributed by atoms with E-state index in [1.165, 1.54) is 26.8 Å². The van der Waals surface area contributed by atoms with Crippen molar-refractivity contribution in [3.05, 3.63) is 28.6 Å². The molecule has 0 N–H and O–H groups in total. The predicted octanol–water partition coefficient (Wildman–Crippen LogP) is 1.87. The van der Waals surface area contributed by atoms with Crippen molar-refractivity contribution in [3.8, 4) is 0 Å². The monoisotopic (exact) mass is 277 g/mol. The zero-order valence-electron chi connectivity index (χ0n) is 11.8. The highest BCUT2D eigenvalue weighted by Crippen LogP contribution is 2.17. The molecule has 6 heteroatoms. The largest absolute Gasteiger partial charge is 0.462 e. The molecule has 0 unspecified atom stereocenters. The van der Waals surface area contributed by atoms with E-state index >= 15 is 0 Å². The lowest BCUT2D eigenvalue weighted by Gasteiger charge is -2.10. The molecule has 0 spiro atoms. The molecule has 0 saturated heterocycles. The summed E-state index contributed by atoms with van der Waals surface area (Å²) < 4.78 is 4.83. The lowest BCUT2D eigenvalue weighted by atomic mass is 10.0. The summed E-state index contributed by atoms with van der Waals surface area (Å²) in [7, 11) is 0. The lowest BCUT2D eigenvalue weighted by molar-refractivity contribution is 0.0522. The van der Waals surface area contributed by atoms with Gasteiger partial charge in [-0.15, -0.1) is 0 Å².